The van der Waals surface area contributed by atoms with Crippen molar-refractivity contribution >= 4 is 26.2 Å². The summed E-state index contributed by atoms with van der Waals surface area (Å²) < 4.78 is 0. The van der Waals surface area contributed by atoms with Crippen LogP contribution in [0.1, 0.15) is 0 Å². The van der Waals surface area contributed by atoms with Crippen molar-refractivity contribution in [3.63, 3.8) is 0 Å². The molecule has 0 aliphatic carbocycles. The van der Waals surface area contributed by atoms with Gasteiger partial charge in [0.2, 0.25) is 0 Å². The van der Waals surface area contributed by atoms with Crippen LogP contribution in [-0.2, 0) is 0 Å². The molecule has 0 bridgehead atoms. The second-order valence-electron chi connectivity index (χ2n) is 0.346. The Morgan fingerprint density at radius 1 is 0.462 bits per heavy atom. The van der Waals surface area contributed by atoms with E-state index in [4.69, 9.17) is 15.1 Å². The molecular weight excluding hydrogens is 194 g/mol. The van der Waals surface area contributed by atoms with E-state index >= 15 is 0 Å². The zero-order valence-electron chi connectivity index (χ0n) is 5.92. The van der Waals surface area contributed by atoms with Crippen LogP contribution >= 0.6 is 0 Å². The Balaban J connectivity index is -0.00000000125. The Morgan fingerprint density at radius 3 is 0.462 bits per heavy atom. The zero-order chi connectivity index (χ0) is 3.58. The molecule has 0 saturated heterocycles. The molecule has 0 fully saturated rings. The molecule has 0 aliphatic rings. The first kappa shape index (κ1) is 190. The SMILES string of the molecule is O.O.O.O.O.O.O.O.OB(O)O.[LiH]. The van der Waals surface area contributed by atoms with E-state index in [2.05, 4.69) is 0 Å². The molecule has 0 aromatic carbocycles. The number of hydrogen-bond acceptors (Lipinski definition) is 3. The normalized spacial score (nSPS) is 2.08. The molecule has 0 aromatic heterocycles. The summed E-state index contributed by atoms with van der Waals surface area (Å²) in [7, 11) is -2.17. The van der Waals surface area contributed by atoms with Crippen LogP contribution in [0.3, 0.4) is 0 Å². The summed E-state index contributed by atoms with van der Waals surface area (Å²) in [6.07, 6.45) is 0. The molecule has 0 unspecified atom stereocenters. The second kappa shape index (κ2) is 148. The maximum absolute atomic E-state index is 7.17. The van der Waals surface area contributed by atoms with Gasteiger partial charge in [0.1, 0.15) is 0 Å². The quantitative estimate of drug-likeness (QED) is 0.330. The first-order valence-electron chi connectivity index (χ1n) is 0.775. The van der Waals surface area contributed by atoms with Crippen molar-refractivity contribution in [1.82, 2.24) is 0 Å². The fourth-order valence-corrected chi connectivity index (χ4v) is 0. The van der Waals surface area contributed by atoms with Crippen molar-refractivity contribution in [2.75, 3.05) is 0 Å². The Bertz CT molecular complexity index is 14.8. The molecule has 0 saturated carbocycles. The zero-order valence-corrected chi connectivity index (χ0v) is 5.92. The van der Waals surface area contributed by atoms with Gasteiger partial charge in [-0.25, -0.2) is 0 Å². The molecule has 0 amide bonds. The standard InChI is InChI=1S/BH3O3.Li.8H2O.H/c2-1(3)4;;;;;;;;;;/h2-4H;;8*1H2;. The van der Waals surface area contributed by atoms with E-state index in [1.807, 2.05) is 0 Å². The summed E-state index contributed by atoms with van der Waals surface area (Å²) in [5.41, 5.74) is 0. The average molecular weight is 214 g/mol. The van der Waals surface area contributed by atoms with Crippen LogP contribution in [0, 0.1) is 0 Å². The van der Waals surface area contributed by atoms with Gasteiger partial charge in [0, 0.05) is 0 Å². The van der Waals surface area contributed by atoms with Crippen molar-refractivity contribution in [2.45, 2.75) is 0 Å². The molecule has 11 nitrogen and oxygen atoms in total. The Labute approximate surface area is 85.8 Å². The summed E-state index contributed by atoms with van der Waals surface area (Å²) >= 11 is 0. The molecule has 90 valence electrons. The van der Waals surface area contributed by atoms with Crippen molar-refractivity contribution in [1.29, 1.82) is 0 Å². The molecule has 0 atom stereocenters. The van der Waals surface area contributed by atoms with Gasteiger partial charge in [-0.15, -0.1) is 0 Å². The first-order valence-corrected chi connectivity index (χ1v) is 0.775. The summed E-state index contributed by atoms with van der Waals surface area (Å²) in [6.45, 7) is 0. The van der Waals surface area contributed by atoms with Gasteiger partial charge in [0.25, 0.3) is 0 Å². The topological polar surface area (TPSA) is 313 Å². The summed E-state index contributed by atoms with van der Waals surface area (Å²) in [6, 6.07) is 0. The summed E-state index contributed by atoms with van der Waals surface area (Å²) in [5, 5.41) is 21.5. The van der Waals surface area contributed by atoms with Crippen molar-refractivity contribution in [3.8, 4) is 0 Å². The Kier molecular flexibility index (Phi) is 2170. The Morgan fingerprint density at radius 2 is 0.462 bits per heavy atom. The summed E-state index contributed by atoms with van der Waals surface area (Å²) in [4.78, 5) is 0. The van der Waals surface area contributed by atoms with Crippen LogP contribution < -0.4 is 0 Å². The van der Waals surface area contributed by atoms with Crippen molar-refractivity contribution in [2.24, 2.45) is 0 Å². The van der Waals surface area contributed by atoms with E-state index in [1.54, 1.807) is 0 Å². The number of hydrogen-bond donors (Lipinski definition) is 3. The third-order valence-electron chi connectivity index (χ3n) is 0. The van der Waals surface area contributed by atoms with E-state index in [0.29, 0.717) is 0 Å². The average Bonchev–Trinajstić information content (AvgIpc) is 0.811. The molecule has 0 spiro atoms. The van der Waals surface area contributed by atoms with Gasteiger partial charge < -0.3 is 58.9 Å². The van der Waals surface area contributed by atoms with Gasteiger partial charge >= 0.3 is 26.2 Å². The minimum absolute atomic E-state index is 0. The van der Waals surface area contributed by atoms with E-state index < -0.39 is 7.32 Å². The molecule has 19 N–H and O–H groups in total. The molecule has 0 heterocycles. The van der Waals surface area contributed by atoms with Crippen LogP contribution in [-0.4, -0.2) is 85.1 Å². The van der Waals surface area contributed by atoms with Crippen LogP contribution in [0.15, 0.2) is 0 Å². The van der Waals surface area contributed by atoms with Gasteiger partial charge in [0.15, 0.2) is 0 Å². The Hall–Kier alpha value is 0.222. The van der Waals surface area contributed by atoms with Crippen molar-refractivity contribution < 1.29 is 58.9 Å². The van der Waals surface area contributed by atoms with Crippen LogP contribution in [0.2, 0.25) is 0 Å². The maximum atomic E-state index is 7.17. The van der Waals surface area contributed by atoms with Gasteiger partial charge in [-0.3, -0.25) is 0 Å². The van der Waals surface area contributed by atoms with Gasteiger partial charge in [-0.1, -0.05) is 0 Å². The number of rotatable bonds is 0. The fraction of sp³-hybridized carbons (Fsp3) is 0. The first-order chi connectivity index (χ1) is 1.73. The molecule has 0 aromatic rings. The minimum atomic E-state index is -2.17. The molecule has 13 heavy (non-hydrogen) atoms. The van der Waals surface area contributed by atoms with E-state index in [-0.39, 0.29) is 62.7 Å². The third-order valence-corrected chi connectivity index (χ3v) is 0. The van der Waals surface area contributed by atoms with Crippen LogP contribution in [0.4, 0.5) is 0 Å². The van der Waals surface area contributed by atoms with E-state index in [1.165, 1.54) is 0 Å². The predicted octanol–water partition coefficient (Wildman–Crippen LogP) is -9.30. The van der Waals surface area contributed by atoms with Crippen molar-refractivity contribution in [3.05, 3.63) is 0 Å². The molecule has 0 radical (unpaired) electrons. The van der Waals surface area contributed by atoms with Crippen LogP contribution in [0.5, 0.6) is 0 Å². The van der Waals surface area contributed by atoms with E-state index in [0.717, 1.165) is 0 Å². The van der Waals surface area contributed by atoms with Gasteiger partial charge in [-0.05, 0) is 0 Å². The summed E-state index contributed by atoms with van der Waals surface area (Å²) in [5.74, 6) is 0. The van der Waals surface area contributed by atoms with Crippen LogP contribution in [0.25, 0.3) is 0 Å². The van der Waals surface area contributed by atoms with Gasteiger partial charge in [-0.2, -0.15) is 0 Å². The molecule has 0 rings (SSSR count). The molecule has 0 aliphatic heterocycles. The van der Waals surface area contributed by atoms with E-state index in [9.17, 15) is 0 Å². The van der Waals surface area contributed by atoms with Gasteiger partial charge in [0.05, 0.1) is 0 Å². The predicted molar refractivity (Wildman–Crippen MR) is 48.5 cm³/mol. The third kappa shape index (κ3) is 25800. The second-order valence-corrected chi connectivity index (χ2v) is 0.346. The molecule has 13 heteroatoms. The monoisotopic (exact) mass is 214 g/mol. The fourth-order valence-electron chi connectivity index (χ4n) is 0. The molecular formula is H20BLiO11.